The lowest BCUT2D eigenvalue weighted by Crippen LogP contribution is -2.23. The second kappa shape index (κ2) is 11.0. The number of aromatic carboxylic acids is 1. The van der Waals surface area contributed by atoms with Crippen LogP contribution in [0.25, 0.3) is 0 Å². The molecule has 0 aliphatic rings. The average Bonchev–Trinajstić information content (AvgIpc) is 2.78. The molecule has 0 heterocycles. The van der Waals surface area contributed by atoms with E-state index in [1.807, 2.05) is 24.3 Å². The molecule has 0 aromatic heterocycles. The number of benzene rings is 3. The standard InChI is InChI=1S/C25H23ClN2O4S/c1-15-3-6-18(25(31)32)14-22(15)28-24(30)16(2)33-21-11-9-20(10-12-21)27-23(29)13-17-4-7-19(26)8-5-17/h3-12,14,16H,13H2,1-2H3,(H,27,29)(H,28,30)(H,31,32). The summed E-state index contributed by atoms with van der Waals surface area (Å²) in [5, 5.41) is 15.0. The first-order valence-electron chi connectivity index (χ1n) is 10.2. The Kier molecular flexibility index (Phi) is 8.14. The minimum atomic E-state index is -1.05. The number of halogens is 1. The lowest BCUT2D eigenvalue weighted by atomic mass is 10.1. The van der Waals surface area contributed by atoms with Crippen LogP contribution in [0.3, 0.4) is 0 Å². The topological polar surface area (TPSA) is 95.5 Å². The van der Waals surface area contributed by atoms with Crippen molar-refractivity contribution in [2.75, 3.05) is 10.6 Å². The number of carboxylic acids is 1. The first kappa shape index (κ1) is 24.4. The molecule has 0 fully saturated rings. The first-order valence-corrected chi connectivity index (χ1v) is 11.4. The van der Waals surface area contributed by atoms with E-state index in [1.54, 1.807) is 44.2 Å². The normalized spacial score (nSPS) is 11.5. The molecule has 0 spiro atoms. The number of hydrogen-bond donors (Lipinski definition) is 3. The summed E-state index contributed by atoms with van der Waals surface area (Å²) in [5.41, 5.74) is 2.91. The molecular formula is C25H23ClN2O4S. The molecule has 6 nitrogen and oxygen atoms in total. The Morgan fingerprint density at radius 3 is 2.27 bits per heavy atom. The molecule has 1 atom stereocenters. The molecule has 170 valence electrons. The van der Waals surface area contributed by atoms with Gasteiger partial charge in [0.2, 0.25) is 11.8 Å². The minimum absolute atomic E-state index is 0.116. The van der Waals surface area contributed by atoms with Crippen molar-refractivity contribution in [3.63, 3.8) is 0 Å². The molecular weight excluding hydrogens is 460 g/mol. The maximum atomic E-state index is 12.6. The Balaban J connectivity index is 1.55. The third kappa shape index (κ3) is 7.10. The van der Waals surface area contributed by atoms with Crippen LogP contribution in [0, 0.1) is 6.92 Å². The molecule has 8 heteroatoms. The van der Waals surface area contributed by atoms with Crippen LogP contribution in [-0.2, 0) is 16.0 Å². The van der Waals surface area contributed by atoms with E-state index in [4.69, 9.17) is 16.7 Å². The van der Waals surface area contributed by atoms with Crippen molar-refractivity contribution >= 4 is 52.5 Å². The van der Waals surface area contributed by atoms with Crippen LogP contribution in [0.15, 0.2) is 71.6 Å². The van der Waals surface area contributed by atoms with Gasteiger partial charge in [0.15, 0.2) is 0 Å². The molecule has 3 N–H and O–H groups in total. The number of thioether (sulfide) groups is 1. The van der Waals surface area contributed by atoms with Gasteiger partial charge in [0.25, 0.3) is 0 Å². The molecule has 0 bridgehead atoms. The van der Waals surface area contributed by atoms with E-state index >= 15 is 0 Å². The fourth-order valence-electron chi connectivity index (χ4n) is 2.99. The van der Waals surface area contributed by atoms with Crippen LogP contribution in [-0.4, -0.2) is 28.1 Å². The van der Waals surface area contributed by atoms with Gasteiger partial charge in [0.1, 0.15) is 0 Å². The molecule has 0 saturated heterocycles. The van der Waals surface area contributed by atoms with Crippen LogP contribution < -0.4 is 10.6 Å². The summed E-state index contributed by atoms with van der Waals surface area (Å²) in [5.74, 6) is -1.41. The fourth-order valence-corrected chi connectivity index (χ4v) is 3.98. The molecule has 0 aliphatic heterocycles. The van der Waals surface area contributed by atoms with Gasteiger partial charge in [-0.2, -0.15) is 0 Å². The van der Waals surface area contributed by atoms with Gasteiger partial charge in [-0.25, -0.2) is 4.79 Å². The Hall–Kier alpha value is -3.29. The smallest absolute Gasteiger partial charge is 0.335 e. The van der Waals surface area contributed by atoms with E-state index in [0.29, 0.717) is 16.4 Å². The van der Waals surface area contributed by atoms with E-state index in [0.717, 1.165) is 16.0 Å². The molecule has 3 rings (SSSR count). The highest BCUT2D eigenvalue weighted by Gasteiger charge is 2.16. The highest BCUT2D eigenvalue weighted by atomic mass is 35.5. The zero-order valence-electron chi connectivity index (χ0n) is 18.1. The van der Waals surface area contributed by atoms with Gasteiger partial charge in [0, 0.05) is 21.3 Å². The number of carbonyl (C=O) groups is 3. The number of aryl methyl sites for hydroxylation is 1. The highest BCUT2D eigenvalue weighted by molar-refractivity contribution is 8.00. The number of rotatable bonds is 8. The molecule has 2 amide bonds. The summed E-state index contributed by atoms with van der Waals surface area (Å²) in [7, 11) is 0. The van der Waals surface area contributed by atoms with Crippen LogP contribution >= 0.6 is 23.4 Å². The van der Waals surface area contributed by atoms with Crippen molar-refractivity contribution in [1.82, 2.24) is 0 Å². The summed E-state index contributed by atoms with van der Waals surface area (Å²) < 4.78 is 0. The van der Waals surface area contributed by atoms with Gasteiger partial charge in [-0.05, 0) is 73.5 Å². The van der Waals surface area contributed by atoms with Crippen LogP contribution in [0.4, 0.5) is 11.4 Å². The van der Waals surface area contributed by atoms with E-state index in [1.165, 1.54) is 23.9 Å². The second-order valence-corrected chi connectivity index (χ2v) is 9.31. The third-order valence-electron chi connectivity index (χ3n) is 4.84. The number of hydrogen-bond acceptors (Lipinski definition) is 4. The number of anilines is 2. The van der Waals surface area contributed by atoms with Gasteiger partial charge in [-0.15, -0.1) is 11.8 Å². The summed E-state index contributed by atoms with van der Waals surface area (Å²) in [4.78, 5) is 36.9. The molecule has 3 aromatic rings. The summed E-state index contributed by atoms with van der Waals surface area (Å²) in [6, 6.07) is 19.0. The van der Waals surface area contributed by atoms with E-state index in [9.17, 15) is 14.4 Å². The maximum Gasteiger partial charge on any atom is 0.335 e. The first-order chi connectivity index (χ1) is 15.7. The Morgan fingerprint density at radius 1 is 0.970 bits per heavy atom. The third-order valence-corrected chi connectivity index (χ3v) is 6.20. The largest absolute Gasteiger partial charge is 0.478 e. The van der Waals surface area contributed by atoms with Crippen LogP contribution in [0.5, 0.6) is 0 Å². The predicted molar refractivity (Wildman–Crippen MR) is 132 cm³/mol. The monoisotopic (exact) mass is 482 g/mol. The zero-order valence-corrected chi connectivity index (χ0v) is 19.7. The van der Waals surface area contributed by atoms with Crippen molar-refractivity contribution in [1.29, 1.82) is 0 Å². The van der Waals surface area contributed by atoms with Crippen LogP contribution in [0.2, 0.25) is 5.02 Å². The van der Waals surface area contributed by atoms with E-state index in [2.05, 4.69) is 10.6 Å². The Labute approximate surface area is 201 Å². The van der Waals surface area contributed by atoms with Crippen molar-refractivity contribution in [2.24, 2.45) is 0 Å². The zero-order chi connectivity index (χ0) is 24.0. The summed E-state index contributed by atoms with van der Waals surface area (Å²) >= 11 is 7.23. The van der Waals surface area contributed by atoms with Gasteiger partial charge < -0.3 is 15.7 Å². The number of carboxylic acid groups (broad SMARTS) is 1. The Bertz CT molecular complexity index is 1160. The van der Waals surface area contributed by atoms with Crippen molar-refractivity contribution in [2.45, 2.75) is 30.4 Å². The van der Waals surface area contributed by atoms with Crippen LogP contribution in [0.1, 0.15) is 28.4 Å². The van der Waals surface area contributed by atoms with Gasteiger partial charge in [0.05, 0.1) is 17.2 Å². The molecule has 0 saturated carbocycles. The maximum absolute atomic E-state index is 12.6. The quantitative estimate of drug-likeness (QED) is 0.361. The fraction of sp³-hybridized carbons (Fsp3) is 0.160. The molecule has 1 unspecified atom stereocenters. The van der Waals surface area contributed by atoms with Crippen molar-refractivity contribution < 1.29 is 19.5 Å². The molecule has 0 radical (unpaired) electrons. The predicted octanol–water partition coefficient (Wildman–Crippen LogP) is 5.65. The van der Waals surface area contributed by atoms with Crippen molar-refractivity contribution in [3.05, 3.63) is 88.4 Å². The van der Waals surface area contributed by atoms with Crippen molar-refractivity contribution in [3.8, 4) is 0 Å². The van der Waals surface area contributed by atoms with Gasteiger partial charge in [-0.1, -0.05) is 29.8 Å². The van der Waals surface area contributed by atoms with E-state index < -0.39 is 11.2 Å². The minimum Gasteiger partial charge on any atom is -0.478 e. The summed E-state index contributed by atoms with van der Waals surface area (Å²) in [6.45, 7) is 3.58. The molecule has 0 aliphatic carbocycles. The number of carbonyl (C=O) groups excluding carboxylic acids is 2. The SMILES string of the molecule is Cc1ccc(C(=O)O)cc1NC(=O)C(C)Sc1ccc(NC(=O)Cc2ccc(Cl)cc2)cc1. The Morgan fingerprint density at radius 2 is 1.64 bits per heavy atom. The highest BCUT2D eigenvalue weighted by Crippen LogP contribution is 2.26. The average molecular weight is 483 g/mol. The lowest BCUT2D eigenvalue weighted by Gasteiger charge is -2.14. The number of nitrogens with one attached hydrogen (secondary N) is 2. The van der Waals surface area contributed by atoms with E-state index in [-0.39, 0.29) is 23.8 Å². The van der Waals surface area contributed by atoms with Gasteiger partial charge in [-0.3, -0.25) is 9.59 Å². The molecule has 3 aromatic carbocycles. The molecule has 33 heavy (non-hydrogen) atoms. The second-order valence-electron chi connectivity index (χ2n) is 7.46. The number of amides is 2. The van der Waals surface area contributed by atoms with Gasteiger partial charge >= 0.3 is 5.97 Å². The lowest BCUT2D eigenvalue weighted by molar-refractivity contribution is -0.116. The summed E-state index contributed by atoms with van der Waals surface area (Å²) in [6.07, 6.45) is 0.243.